The highest BCUT2D eigenvalue weighted by atomic mass is 28.3. The van der Waals surface area contributed by atoms with Gasteiger partial charge < -0.3 is 4.57 Å². The monoisotopic (exact) mass is 283 g/mol. The summed E-state index contributed by atoms with van der Waals surface area (Å²) in [6.45, 7) is 8.45. The summed E-state index contributed by atoms with van der Waals surface area (Å²) in [6.07, 6.45) is 5.28. The van der Waals surface area contributed by atoms with Gasteiger partial charge in [0.1, 0.15) is 0 Å². The summed E-state index contributed by atoms with van der Waals surface area (Å²) in [4.78, 5) is 0. The first-order valence-corrected chi connectivity index (χ1v) is 11.3. The van der Waals surface area contributed by atoms with Crippen LogP contribution in [0.5, 0.6) is 0 Å². The number of rotatable bonds is 3. The molecule has 20 heavy (non-hydrogen) atoms. The third-order valence-corrected chi connectivity index (χ3v) is 6.31. The Bertz CT molecular complexity index is 590. The van der Waals surface area contributed by atoms with E-state index in [1.807, 2.05) is 0 Å². The molecule has 0 saturated heterocycles. The van der Waals surface area contributed by atoms with E-state index < -0.39 is 8.07 Å². The molecule has 1 aromatic carbocycles. The number of hydrogen-bond donors (Lipinski definition) is 0. The molecular formula is C18H25NSi. The first-order valence-electron chi connectivity index (χ1n) is 7.81. The molecule has 106 valence electrons. The van der Waals surface area contributed by atoms with Crippen molar-refractivity contribution < 1.29 is 0 Å². The Morgan fingerprint density at radius 1 is 1.00 bits per heavy atom. The Hall–Kier alpha value is -1.28. The molecule has 0 aliphatic heterocycles. The van der Waals surface area contributed by atoms with E-state index in [0.29, 0.717) is 0 Å². The zero-order valence-corrected chi connectivity index (χ0v) is 13.9. The molecule has 1 aliphatic carbocycles. The van der Waals surface area contributed by atoms with Crippen LogP contribution in [0.25, 0.3) is 0 Å². The second kappa shape index (κ2) is 5.25. The van der Waals surface area contributed by atoms with Crippen LogP contribution in [0.15, 0.2) is 36.4 Å². The summed E-state index contributed by atoms with van der Waals surface area (Å²) in [5, 5.41) is 1.63. The Balaban J connectivity index is 2.05. The van der Waals surface area contributed by atoms with Crippen LogP contribution in [-0.4, -0.2) is 12.6 Å². The Labute approximate surface area is 123 Å². The number of nitrogens with zero attached hydrogens (tertiary/aromatic N) is 1. The zero-order valence-electron chi connectivity index (χ0n) is 12.9. The normalized spacial score (nSPS) is 15.2. The van der Waals surface area contributed by atoms with E-state index in [0.717, 1.165) is 6.54 Å². The smallest absolute Gasteiger partial charge is 0.0984 e. The SMILES string of the molecule is C[Si](C)(C)c1cc2c(n1Cc1ccccc1)CCCC2. The average Bonchev–Trinajstić information content (AvgIpc) is 2.79. The minimum atomic E-state index is -1.28. The van der Waals surface area contributed by atoms with E-state index in [1.165, 1.54) is 31.2 Å². The second-order valence-corrected chi connectivity index (χ2v) is 12.0. The molecule has 0 saturated carbocycles. The lowest BCUT2D eigenvalue weighted by Gasteiger charge is -2.22. The molecular weight excluding hydrogens is 258 g/mol. The fourth-order valence-corrected chi connectivity index (χ4v) is 4.96. The zero-order chi connectivity index (χ0) is 14.2. The molecule has 0 atom stereocenters. The molecule has 1 heterocycles. The summed E-state index contributed by atoms with van der Waals surface area (Å²) in [6, 6.07) is 13.4. The highest BCUT2D eigenvalue weighted by Crippen LogP contribution is 2.24. The fourth-order valence-electron chi connectivity index (χ4n) is 3.33. The van der Waals surface area contributed by atoms with Crippen molar-refractivity contribution in [2.45, 2.75) is 51.9 Å². The van der Waals surface area contributed by atoms with Crippen molar-refractivity contribution in [1.29, 1.82) is 0 Å². The molecule has 0 fully saturated rings. The van der Waals surface area contributed by atoms with Gasteiger partial charge in [0.25, 0.3) is 0 Å². The van der Waals surface area contributed by atoms with Crippen LogP contribution in [0.2, 0.25) is 19.6 Å². The van der Waals surface area contributed by atoms with Gasteiger partial charge in [0.15, 0.2) is 0 Å². The summed E-state index contributed by atoms with van der Waals surface area (Å²) in [5.41, 5.74) is 4.68. The van der Waals surface area contributed by atoms with Crippen LogP contribution in [0.4, 0.5) is 0 Å². The maximum Gasteiger partial charge on any atom is 0.0984 e. The topological polar surface area (TPSA) is 4.93 Å². The molecule has 0 unspecified atom stereocenters. The second-order valence-electron chi connectivity index (χ2n) is 7.03. The van der Waals surface area contributed by atoms with Crippen molar-refractivity contribution in [1.82, 2.24) is 4.57 Å². The Morgan fingerprint density at radius 2 is 1.70 bits per heavy atom. The Kier molecular flexibility index (Phi) is 3.59. The van der Waals surface area contributed by atoms with Gasteiger partial charge in [-0.2, -0.15) is 0 Å². The van der Waals surface area contributed by atoms with Crippen LogP contribution in [0, 0.1) is 0 Å². The molecule has 0 bridgehead atoms. The van der Waals surface area contributed by atoms with Gasteiger partial charge >= 0.3 is 0 Å². The van der Waals surface area contributed by atoms with E-state index in [2.05, 4.69) is 60.6 Å². The summed E-state index contributed by atoms with van der Waals surface area (Å²) in [7, 11) is -1.28. The highest BCUT2D eigenvalue weighted by Gasteiger charge is 2.26. The predicted molar refractivity (Wildman–Crippen MR) is 89.6 cm³/mol. The lowest BCUT2D eigenvalue weighted by molar-refractivity contribution is 0.635. The Morgan fingerprint density at radius 3 is 2.40 bits per heavy atom. The molecule has 1 aromatic heterocycles. The van der Waals surface area contributed by atoms with Gasteiger partial charge in [0.2, 0.25) is 0 Å². The van der Waals surface area contributed by atoms with Gasteiger partial charge in [-0.05, 0) is 42.9 Å². The third-order valence-electron chi connectivity index (χ3n) is 4.36. The van der Waals surface area contributed by atoms with Crippen molar-refractivity contribution in [3.63, 3.8) is 0 Å². The third kappa shape index (κ3) is 2.62. The van der Waals surface area contributed by atoms with Crippen LogP contribution in [0.1, 0.15) is 29.7 Å². The maximum atomic E-state index is 2.65. The fraction of sp³-hybridized carbons (Fsp3) is 0.444. The minimum absolute atomic E-state index is 1.05. The van der Waals surface area contributed by atoms with E-state index in [9.17, 15) is 0 Å². The quantitative estimate of drug-likeness (QED) is 0.751. The minimum Gasteiger partial charge on any atom is -0.348 e. The average molecular weight is 283 g/mol. The van der Waals surface area contributed by atoms with Crippen LogP contribution in [0.3, 0.4) is 0 Å². The van der Waals surface area contributed by atoms with Crippen LogP contribution >= 0.6 is 0 Å². The molecule has 0 radical (unpaired) electrons. The van der Waals surface area contributed by atoms with Gasteiger partial charge in [-0.1, -0.05) is 50.0 Å². The number of hydrogen-bond acceptors (Lipinski definition) is 0. The van der Waals surface area contributed by atoms with Crippen molar-refractivity contribution >= 4 is 13.4 Å². The number of aryl methyl sites for hydroxylation is 1. The summed E-state index contributed by atoms with van der Waals surface area (Å²) >= 11 is 0. The van der Waals surface area contributed by atoms with E-state index >= 15 is 0 Å². The van der Waals surface area contributed by atoms with Crippen LogP contribution in [-0.2, 0) is 19.4 Å². The molecule has 0 N–H and O–H groups in total. The highest BCUT2D eigenvalue weighted by molar-refractivity contribution is 6.88. The number of benzene rings is 1. The van der Waals surface area contributed by atoms with Gasteiger partial charge in [0, 0.05) is 17.6 Å². The molecule has 1 aliphatic rings. The molecule has 0 spiro atoms. The van der Waals surface area contributed by atoms with Gasteiger partial charge in [-0.15, -0.1) is 0 Å². The summed E-state index contributed by atoms with van der Waals surface area (Å²) < 4.78 is 2.65. The van der Waals surface area contributed by atoms with Gasteiger partial charge in [-0.25, -0.2) is 0 Å². The van der Waals surface area contributed by atoms with Gasteiger partial charge in [-0.3, -0.25) is 0 Å². The molecule has 3 rings (SSSR count). The standard InChI is InChI=1S/C18H25NSi/c1-20(2,3)18-13-16-11-7-8-12-17(16)19(18)14-15-9-5-4-6-10-15/h4-6,9-10,13H,7-8,11-12,14H2,1-3H3. The van der Waals surface area contributed by atoms with Crippen LogP contribution < -0.4 is 5.32 Å². The lowest BCUT2D eigenvalue weighted by atomic mass is 9.98. The van der Waals surface area contributed by atoms with Crippen molar-refractivity contribution in [3.05, 3.63) is 53.2 Å². The van der Waals surface area contributed by atoms with Crippen molar-refractivity contribution in [3.8, 4) is 0 Å². The number of aromatic nitrogens is 1. The largest absolute Gasteiger partial charge is 0.348 e. The van der Waals surface area contributed by atoms with E-state index in [4.69, 9.17) is 0 Å². The first kappa shape index (κ1) is 13.7. The molecule has 2 aromatic rings. The van der Waals surface area contributed by atoms with Gasteiger partial charge in [0.05, 0.1) is 8.07 Å². The predicted octanol–water partition coefficient (Wildman–Crippen LogP) is 3.96. The first-order chi connectivity index (χ1) is 9.55. The summed E-state index contributed by atoms with van der Waals surface area (Å²) in [5.74, 6) is 0. The molecule has 2 heteroatoms. The lowest BCUT2D eigenvalue weighted by Crippen LogP contribution is -2.43. The molecule has 1 nitrogen and oxygen atoms in total. The number of fused-ring (bicyclic) bond motifs is 1. The van der Waals surface area contributed by atoms with Crippen molar-refractivity contribution in [2.75, 3.05) is 0 Å². The molecule has 0 amide bonds. The van der Waals surface area contributed by atoms with E-state index in [-0.39, 0.29) is 0 Å². The van der Waals surface area contributed by atoms with Crippen molar-refractivity contribution in [2.24, 2.45) is 0 Å². The maximum absolute atomic E-state index is 2.65. The van der Waals surface area contributed by atoms with E-state index in [1.54, 1.807) is 16.6 Å².